The van der Waals surface area contributed by atoms with Gasteiger partial charge in [0.25, 0.3) is 0 Å². The molecule has 1 N–H and O–H groups in total. The molecule has 0 amide bonds. The summed E-state index contributed by atoms with van der Waals surface area (Å²) in [5.41, 5.74) is 0.775. The number of carboxylic acids is 1. The Balaban J connectivity index is 0.000000162. The van der Waals surface area contributed by atoms with Crippen LogP contribution in [0.1, 0.15) is 17.3 Å². The molecule has 0 radical (unpaired) electrons. The number of ether oxygens (including phenoxy) is 1. The second kappa shape index (κ2) is 5.26. The molecule has 0 aromatic heterocycles. The molecule has 4 heteroatoms. The number of epoxide rings is 1. The molecule has 4 nitrogen and oxygen atoms in total. The monoisotopic (exact) mass is 208 g/mol. The van der Waals surface area contributed by atoms with Crippen LogP contribution in [0.4, 0.5) is 0 Å². The molecule has 1 unspecified atom stereocenters. The van der Waals surface area contributed by atoms with Crippen LogP contribution in [-0.4, -0.2) is 29.6 Å². The van der Waals surface area contributed by atoms with E-state index in [4.69, 9.17) is 5.11 Å². The second-order valence-electron chi connectivity index (χ2n) is 3.08. The normalized spacial score (nSPS) is 17.3. The van der Waals surface area contributed by atoms with E-state index in [1.54, 1.807) is 6.92 Å². The molecule has 1 aromatic carbocycles. The van der Waals surface area contributed by atoms with E-state index in [0.29, 0.717) is 6.61 Å². The Bertz CT molecular complexity index is 341. The van der Waals surface area contributed by atoms with Gasteiger partial charge in [0.15, 0.2) is 11.9 Å². The Kier molecular flexibility index (Phi) is 4.00. The Labute approximate surface area is 87.5 Å². The van der Waals surface area contributed by atoms with Gasteiger partial charge in [0.05, 0.1) is 6.61 Å². The van der Waals surface area contributed by atoms with Crippen LogP contribution in [0.25, 0.3) is 0 Å². The van der Waals surface area contributed by atoms with Crippen molar-refractivity contribution in [3.05, 3.63) is 35.9 Å². The topological polar surface area (TPSA) is 66.9 Å². The number of carboxylic acid groups (broad SMARTS) is 1. The van der Waals surface area contributed by atoms with Gasteiger partial charge in [-0.1, -0.05) is 30.3 Å². The van der Waals surface area contributed by atoms with E-state index in [-0.39, 0.29) is 5.78 Å². The van der Waals surface area contributed by atoms with E-state index in [0.717, 1.165) is 5.56 Å². The lowest BCUT2D eigenvalue weighted by molar-refractivity contribution is -0.138. The summed E-state index contributed by atoms with van der Waals surface area (Å²) in [6.45, 7) is 1.96. The number of carbonyl (C=O) groups is 2. The number of Topliss-reactive ketones (excluding diaryl/α,β-unsaturated/α-hetero) is 1. The van der Waals surface area contributed by atoms with Crippen LogP contribution in [0.5, 0.6) is 0 Å². The zero-order chi connectivity index (χ0) is 11.3. The summed E-state index contributed by atoms with van der Waals surface area (Å²) in [5, 5.41) is 7.93. The third kappa shape index (κ3) is 4.37. The quantitative estimate of drug-likeness (QED) is 0.588. The van der Waals surface area contributed by atoms with Crippen molar-refractivity contribution in [1.29, 1.82) is 0 Å². The highest BCUT2D eigenvalue weighted by molar-refractivity contribution is 5.93. The van der Waals surface area contributed by atoms with Gasteiger partial charge in [0.2, 0.25) is 0 Å². The van der Waals surface area contributed by atoms with E-state index < -0.39 is 12.1 Å². The van der Waals surface area contributed by atoms with Gasteiger partial charge in [0, 0.05) is 5.56 Å². The van der Waals surface area contributed by atoms with Crippen molar-refractivity contribution in [1.82, 2.24) is 0 Å². The van der Waals surface area contributed by atoms with Crippen LogP contribution < -0.4 is 0 Å². The van der Waals surface area contributed by atoms with Crippen LogP contribution in [0.3, 0.4) is 0 Å². The number of hydrogen-bond donors (Lipinski definition) is 1. The molecule has 0 bridgehead atoms. The van der Waals surface area contributed by atoms with E-state index in [1.807, 2.05) is 30.3 Å². The number of benzene rings is 1. The van der Waals surface area contributed by atoms with E-state index in [2.05, 4.69) is 4.74 Å². The molecular formula is C11H12O4. The minimum absolute atomic E-state index is 0.121. The zero-order valence-electron chi connectivity index (χ0n) is 8.34. The number of carbonyl (C=O) groups excluding carboxylic acids is 1. The van der Waals surface area contributed by atoms with Crippen molar-refractivity contribution in [2.45, 2.75) is 13.0 Å². The lowest BCUT2D eigenvalue weighted by Gasteiger charge is -1.89. The highest BCUT2D eigenvalue weighted by atomic mass is 16.6. The number of rotatable bonds is 2. The van der Waals surface area contributed by atoms with Gasteiger partial charge in [-0.15, -0.1) is 0 Å². The third-order valence-corrected chi connectivity index (χ3v) is 1.79. The van der Waals surface area contributed by atoms with Crippen molar-refractivity contribution < 1.29 is 19.4 Å². The van der Waals surface area contributed by atoms with Crippen LogP contribution in [0, 0.1) is 0 Å². The molecule has 1 saturated heterocycles. The van der Waals surface area contributed by atoms with Gasteiger partial charge in [0.1, 0.15) is 0 Å². The molecular weight excluding hydrogens is 196 g/mol. The van der Waals surface area contributed by atoms with Gasteiger partial charge >= 0.3 is 5.97 Å². The minimum atomic E-state index is -0.852. The average Bonchev–Trinajstić information content (AvgIpc) is 3.03. The predicted molar refractivity (Wildman–Crippen MR) is 53.8 cm³/mol. The first-order valence-electron chi connectivity index (χ1n) is 4.51. The van der Waals surface area contributed by atoms with Crippen molar-refractivity contribution in [3.8, 4) is 0 Å². The fourth-order valence-corrected chi connectivity index (χ4v) is 0.864. The molecule has 1 atom stereocenters. The summed E-state index contributed by atoms with van der Waals surface area (Å²) < 4.78 is 4.37. The Morgan fingerprint density at radius 1 is 1.33 bits per heavy atom. The van der Waals surface area contributed by atoms with Crippen molar-refractivity contribution >= 4 is 11.8 Å². The van der Waals surface area contributed by atoms with E-state index in [9.17, 15) is 9.59 Å². The summed E-state index contributed by atoms with van der Waals surface area (Å²) in [4.78, 5) is 20.3. The molecule has 1 heterocycles. The van der Waals surface area contributed by atoms with Gasteiger partial charge in [-0.25, -0.2) is 4.79 Å². The molecule has 1 aliphatic rings. The fraction of sp³-hybridized carbons (Fsp3) is 0.273. The van der Waals surface area contributed by atoms with Gasteiger partial charge in [-0.05, 0) is 6.92 Å². The molecule has 1 fully saturated rings. The van der Waals surface area contributed by atoms with E-state index >= 15 is 0 Å². The largest absolute Gasteiger partial charge is 0.479 e. The maximum absolute atomic E-state index is 10.6. The highest BCUT2D eigenvalue weighted by Gasteiger charge is 2.30. The van der Waals surface area contributed by atoms with E-state index in [1.165, 1.54) is 0 Å². The second-order valence-corrected chi connectivity index (χ2v) is 3.08. The highest BCUT2D eigenvalue weighted by Crippen LogP contribution is 2.06. The summed E-state index contributed by atoms with van der Waals surface area (Å²) in [5.74, 6) is -0.731. The lowest BCUT2D eigenvalue weighted by atomic mass is 10.2. The molecule has 80 valence electrons. The van der Waals surface area contributed by atoms with Crippen LogP contribution in [-0.2, 0) is 9.53 Å². The summed E-state index contributed by atoms with van der Waals surface area (Å²) >= 11 is 0. The van der Waals surface area contributed by atoms with Gasteiger partial charge < -0.3 is 9.84 Å². The first-order chi connectivity index (χ1) is 7.11. The molecule has 1 aromatic rings. The van der Waals surface area contributed by atoms with Crippen molar-refractivity contribution in [3.63, 3.8) is 0 Å². The molecule has 0 saturated carbocycles. The van der Waals surface area contributed by atoms with Crippen molar-refractivity contribution in [2.24, 2.45) is 0 Å². The first-order valence-corrected chi connectivity index (χ1v) is 4.51. The Hall–Kier alpha value is -1.68. The van der Waals surface area contributed by atoms with Gasteiger partial charge in [-0.2, -0.15) is 0 Å². The molecule has 1 aliphatic heterocycles. The van der Waals surface area contributed by atoms with Crippen molar-refractivity contribution in [2.75, 3.05) is 6.61 Å². The lowest BCUT2D eigenvalue weighted by Crippen LogP contribution is -2.02. The smallest absolute Gasteiger partial charge is 0.335 e. The SMILES string of the molecule is CC(=O)c1ccccc1.O=C(O)C1CO1. The number of aliphatic carboxylic acids is 1. The third-order valence-electron chi connectivity index (χ3n) is 1.79. The summed E-state index contributed by atoms with van der Waals surface area (Å²) in [7, 11) is 0. The Morgan fingerprint density at radius 2 is 1.87 bits per heavy atom. The maximum atomic E-state index is 10.6. The molecule has 2 rings (SSSR count). The van der Waals surface area contributed by atoms with Gasteiger partial charge in [-0.3, -0.25) is 4.79 Å². The van der Waals surface area contributed by atoms with Crippen LogP contribution in [0.2, 0.25) is 0 Å². The molecule has 15 heavy (non-hydrogen) atoms. The maximum Gasteiger partial charge on any atom is 0.335 e. The van der Waals surface area contributed by atoms with Crippen LogP contribution in [0.15, 0.2) is 30.3 Å². The molecule has 0 aliphatic carbocycles. The standard InChI is InChI=1S/C8H8O.C3H4O3/c1-7(9)8-5-3-2-4-6-8;4-3(5)2-1-6-2/h2-6H,1H3;2H,1H2,(H,4,5). The predicted octanol–water partition coefficient (Wildman–Crippen LogP) is 1.36. The average molecular weight is 208 g/mol. The minimum Gasteiger partial charge on any atom is -0.479 e. The fourth-order valence-electron chi connectivity index (χ4n) is 0.864. The zero-order valence-corrected chi connectivity index (χ0v) is 8.34. The number of ketones is 1. The first kappa shape index (κ1) is 11.4. The summed E-state index contributed by atoms with van der Waals surface area (Å²) in [6.07, 6.45) is -0.481. The molecule has 0 spiro atoms. The Morgan fingerprint density at radius 3 is 2.07 bits per heavy atom. The van der Waals surface area contributed by atoms with Crippen LogP contribution >= 0.6 is 0 Å². The number of hydrogen-bond acceptors (Lipinski definition) is 3. The summed E-state index contributed by atoms with van der Waals surface area (Å²) in [6, 6.07) is 9.23.